The van der Waals surface area contributed by atoms with E-state index < -0.39 is 0 Å². The number of hydrogen-bond acceptors (Lipinski definition) is 1. The number of nitrogens with one attached hydrogen (secondary N) is 1. The molecule has 0 radical (unpaired) electrons. The Morgan fingerprint density at radius 2 is 2.06 bits per heavy atom. The van der Waals surface area contributed by atoms with Gasteiger partial charge in [0.25, 0.3) is 0 Å². The summed E-state index contributed by atoms with van der Waals surface area (Å²) in [5.41, 5.74) is 1.31. The lowest BCUT2D eigenvalue weighted by Gasteiger charge is -2.29. The van der Waals surface area contributed by atoms with E-state index in [1.54, 1.807) is 0 Å². The minimum absolute atomic E-state index is 0.646. The highest BCUT2D eigenvalue weighted by Crippen LogP contribution is 2.29. The topological polar surface area (TPSA) is 12.0 Å². The van der Waals surface area contributed by atoms with Gasteiger partial charge in [0.15, 0.2) is 0 Å². The van der Waals surface area contributed by atoms with Gasteiger partial charge in [0.1, 0.15) is 0 Å². The monoisotopic (exact) mass is 271 g/mol. The second-order valence-electron chi connectivity index (χ2n) is 4.97. The lowest BCUT2D eigenvalue weighted by Crippen LogP contribution is -2.31. The second kappa shape index (κ2) is 6.08. The molecule has 0 aliphatic heterocycles. The van der Waals surface area contributed by atoms with Crippen LogP contribution in [0.5, 0.6) is 0 Å². The van der Waals surface area contributed by atoms with Gasteiger partial charge in [-0.05, 0) is 49.9 Å². The average molecular weight is 272 g/mol. The van der Waals surface area contributed by atoms with Crippen LogP contribution in [0.25, 0.3) is 0 Å². The Kier molecular flexibility index (Phi) is 4.72. The summed E-state index contributed by atoms with van der Waals surface area (Å²) in [6, 6.07) is 6.69. The minimum atomic E-state index is 0.646. The van der Waals surface area contributed by atoms with Crippen LogP contribution in [0.3, 0.4) is 0 Å². The lowest BCUT2D eigenvalue weighted by molar-refractivity contribution is 0.294. The Bertz CT molecular complexity index is 378. The van der Waals surface area contributed by atoms with E-state index in [2.05, 4.69) is 18.4 Å². The number of hydrogen-bond donors (Lipinski definition) is 1. The molecule has 0 aromatic heterocycles. The molecule has 2 unspecified atom stereocenters. The van der Waals surface area contributed by atoms with Crippen molar-refractivity contribution in [3.8, 4) is 0 Å². The van der Waals surface area contributed by atoms with E-state index in [1.807, 2.05) is 12.1 Å². The van der Waals surface area contributed by atoms with Crippen LogP contribution in [0.2, 0.25) is 10.0 Å². The molecule has 1 fully saturated rings. The molecule has 0 spiro atoms. The van der Waals surface area contributed by atoms with Crippen molar-refractivity contribution in [1.82, 2.24) is 5.32 Å². The van der Waals surface area contributed by atoms with Gasteiger partial charge in [-0.3, -0.25) is 0 Å². The normalized spacial score (nSPS) is 24.9. The molecule has 17 heavy (non-hydrogen) atoms. The molecule has 1 aliphatic rings. The third-order valence-corrected chi connectivity index (χ3v) is 4.44. The Balaban J connectivity index is 1.97. The molecule has 1 aromatic rings. The molecule has 1 N–H and O–H groups in total. The first-order valence-corrected chi connectivity index (χ1v) is 7.06. The summed E-state index contributed by atoms with van der Waals surface area (Å²) in [6.45, 7) is 0. The van der Waals surface area contributed by atoms with Gasteiger partial charge in [0, 0.05) is 6.04 Å². The molecule has 2 atom stereocenters. The van der Waals surface area contributed by atoms with Gasteiger partial charge in [0.05, 0.1) is 10.0 Å². The van der Waals surface area contributed by atoms with Crippen molar-refractivity contribution in [2.24, 2.45) is 5.92 Å². The van der Waals surface area contributed by atoms with Crippen LogP contribution < -0.4 is 5.32 Å². The van der Waals surface area contributed by atoms with Gasteiger partial charge in [-0.25, -0.2) is 0 Å². The van der Waals surface area contributed by atoms with Crippen molar-refractivity contribution < 1.29 is 0 Å². The Hall–Kier alpha value is -0.240. The molecule has 94 valence electrons. The standard InChI is InChI=1S/C14H19Cl2N/c1-17-12-4-2-3-10(8-12)7-11-5-6-13(15)14(16)9-11/h5-6,9-10,12,17H,2-4,7-8H2,1H3. The zero-order chi connectivity index (χ0) is 12.3. The summed E-state index contributed by atoms with van der Waals surface area (Å²) in [5.74, 6) is 0.776. The first kappa shape index (κ1) is 13.2. The van der Waals surface area contributed by atoms with E-state index in [4.69, 9.17) is 23.2 Å². The fourth-order valence-electron chi connectivity index (χ4n) is 2.74. The van der Waals surface area contributed by atoms with Crippen molar-refractivity contribution in [2.75, 3.05) is 7.05 Å². The zero-order valence-electron chi connectivity index (χ0n) is 10.2. The van der Waals surface area contributed by atoms with Crippen molar-refractivity contribution in [3.05, 3.63) is 33.8 Å². The summed E-state index contributed by atoms with van der Waals surface area (Å²) in [4.78, 5) is 0. The van der Waals surface area contributed by atoms with Crippen molar-refractivity contribution >= 4 is 23.2 Å². The fraction of sp³-hybridized carbons (Fsp3) is 0.571. The van der Waals surface area contributed by atoms with E-state index >= 15 is 0 Å². The van der Waals surface area contributed by atoms with Crippen LogP contribution in [-0.4, -0.2) is 13.1 Å². The number of rotatable bonds is 3. The highest BCUT2D eigenvalue weighted by atomic mass is 35.5. The Morgan fingerprint density at radius 3 is 2.76 bits per heavy atom. The summed E-state index contributed by atoms with van der Waals surface area (Å²) in [5, 5.41) is 4.71. The molecular weight excluding hydrogens is 253 g/mol. The smallest absolute Gasteiger partial charge is 0.0595 e. The van der Waals surface area contributed by atoms with Crippen molar-refractivity contribution in [2.45, 2.75) is 38.1 Å². The van der Waals surface area contributed by atoms with Crippen LogP contribution in [0.4, 0.5) is 0 Å². The summed E-state index contributed by atoms with van der Waals surface area (Å²) >= 11 is 12.0. The molecule has 0 heterocycles. The quantitative estimate of drug-likeness (QED) is 0.864. The number of benzene rings is 1. The molecule has 1 aliphatic carbocycles. The maximum atomic E-state index is 6.04. The largest absolute Gasteiger partial charge is 0.317 e. The van der Waals surface area contributed by atoms with Gasteiger partial charge in [-0.15, -0.1) is 0 Å². The van der Waals surface area contributed by atoms with Gasteiger partial charge < -0.3 is 5.32 Å². The molecule has 0 bridgehead atoms. The predicted octanol–water partition coefficient (Wildman–Crippen LogP) is 4.31. The highest BCUT2D eigenvalue weighted by Gasteiger charge is 2.20. The van der Waals surface area contributed by atoms with E-state index in [1.165, 1.54) is 31.2 Å². The Morgan fingerprint density at radius 1 is 1.24 bits per heavy atom. The van der Waals surface area contributed by atoms with E-state index in [0.717, 1.165) is 12.3 Å². The summed E-state index contributed by atoms with van der Waals surface area (Å²) < 4.78 is 0. The maximum absolute atomic E-state index is 6.04. The van der Waals surface area contributed by atoms with Crippen LogP contribution >= 0.6 is 23.2 Å². The van der Waals surface area contributed by atoms with Gasteiger partial charge >= 0.3 is 0 Å². The average Bonchev–Trinajstić information content (AvgIpc) is 2.34. The fourth-order valence-corrected chi connectivity index (χ4v) is 3.06. The molecule has 3 heteroatoms. The molecule has 2 rings (SSSR count). The van der Waals surface area contributed by atoms with Gasteiger partial charge in [0.2, 0.25) is 0 Å². The highest BCUT2D eigenvalue weighted by molar-refractivity contribution is 6.42. The summed E-state index contributed by atoms with van der Waals surface area (Å²) in [6.07, 6.45) is 6.37. The second-order valence-corrected chi connectivity index (χ2v) is 5.79. The van der Waals surface area contributed by atoms with Crippen LogP contribution in [0.1, 0.15) is 31.2 Å². The molecule has 1 saturated carbocycles. The predicted molar refractivity (Wildman–Crippen MR) is 75.0 cm³/mol. The van der Waals surface area contributed by atoms with E-state index in [-0.39, 0.29) is 0 Å². The zero-order valence-corrected chi connectivity index (χ0v) is 11.7. The van der Waals surface area contributed by atoms with Crippen LogP contribution in [0, 0.1) is 5.92 Å². The third-order valence-electron chi connectivity index (χ3n) is 3.70. The van der Waals surface area contributed by atoms with Crippen LogP contribution in [-0.2, 0) is 6.42 Å². The van der Waals surface area contributed by atoms with Crippen molar-refractivity contribution in [3.63, 3.8) is 0 Å². The minimum Gasteiger partial charge on any atom is -0.317 e. The maximum Gasteiger partial charge on any atom is 0.0595 e. The molecule has 1 aromatic carbocycles. The Labute approximate surface area is 114 Å². The molecule has 0 amide bonds. The van der Waals surface area contributed by atoms with Crippen molar-refractivity contribution in [1.29, 1.82) is 0 Å². The summed E-state index contributed by atoms with van der Waals surface area (Å²) in [7, 11) is 2.06. The molecular formula is C14H19Cl2N. The number of halogens is 2. The van der Waals surface area contributed by atoms with Gasteiger partial charge in [-0.1, -0.05) is 42.1 Å². The molecule has 1 nitrogen and oxygen atoms in total. The first-order chi connectivity index (χ1) is 8.19. The van der Waals surface area contributed by atoms with Gasteiger partial charge in [-0.2, -0.15) is 0 Å². The van der Waals surface area contributed by atoms with E-state index in [0.29, 0.717) is 16.1 Å². The van der Waals surface area contributed by atoms with E-state index in [9.17, 15) is 0 Å². The molecule has 0 saturated heterocycles. The first-order valence-electron chi connectivity index (χ1n) is 6.30. The lowest BCUT2D eigenvalue weighted by atomic mass is 9.82. The third kappa shape index (κ3) is 3.61. The SMILES string of the molecule is CNC1CCCC(Cc2ccc(Cl)c(Cl)c2)C1. The van der Waals surface area contributed by atoms with Crippen LogP contribution in [0.15, 0.2) is 18.2 Å².